The molecule has 0 aliphatic carbocycles. The van der Waals surface area contributed by atoms with E-state index in [-0.39, 0.29) is 18.1 Å². The maximum Gasteiger partial charge on any atom is 0.236 e. The Morgan fingerprint density at radius 1 is 1.63 bits per heavy atom. The second kappa shape index (κ2) is 6.68. The van der Waals surface area contributed by atoms with E-state index in [9.17, 15) is 4.79 Å². The lowest BCUT2D eigenvalue weighted by atomic mass is 10.3. The third-order valence-electron chi connectivity index (χ3n) is 3.22. The van der Waals surface area contributed by atoms with E-state index < -0.39 is 0 Å². The van der Waals surface area contributed by atoms with Gasteiger partial charge in [-0.25, -0.2) is 0 Å². The molecular weight excluding hydrogens is 244 g/mol. The molecule has 0 bridgehead atoms. The summed E-state index contributed by atoms with van der Waals surface area (Å²) in [5.41, 5.74) is 0. The molecule has 1 aromatic heterocycles. The van der Waals surface area contributed by atoms with Gasteiger partial charge in [0, 0.05) is 31.5 Å². The summed E-state index contributed by atoms with van der Waals surface area (Å²) in [6.45, 7) is 7.20. The first-order chi connectivity index (χ1) is 9.15. The SMILES string of the molecule is C[C@@H]1CN(C(=O)CN[C@@H](C)Cn2cccn2)CCO1. The van der Waals surface area contributed by atoms with Crippen molar-refractivity contribution in [3.05, 3.63) is 18.5 Å². The number of amides is 1. The van der Waals surface area contributed by atoms with Gasteiger partial charge in [-0.1, -0.05) is 0 Å². The highest BCUT2D eigenvalue weighted by atomic mass is 16.5. The molecular formula is C13H22N4O2. The van der Waals surface area contributed by atoms with E-state index in [0.717, 1.165) is 6.54 Å². The molecule has 0 aromatic carbocycles. The molecule has 1 saturated heterocycles. The summed E-state index contributed by atoms with van der Waals surface area (Å²) in [4.78, 5) is 13.9. The number of rotatable bonds is 5. The molecule has 0 unspecified atom stereocenters. The first-order valence-corrected chi connectivity index (χ1v) is 6.75. The molecule has 19 heavy (non-hydrogen) atoms. The summed E-state index contributed by atoms with van der Waals surface area (Å²) in [6, 6.07) is 2.11. The number of hydrogen-bond donors (Lipinski definition) is 1. The second-order valence-electron chi connectivity index (χ2n) is 5.03. The molecule has 0 saturated carbocycles. The zero-order valence-corrected chi connectivity index (χ0v) is 11.6. The van der Waals surface area contributed by atoms with Gasteiger partial charge in [0.2, 0.25) is 5.91 Å². The average Bonchev–Trinajstić information content (AvgIpc) is 2.88. The van der Waals surface area contributed by atoms with Crippen LogP contribution in [0.5, 0.6) is 0 Å². The van der Waals surface area contributed by atoms with Crippen LogP contribution < -0.4 is 5.32 Å². The number of carbonyl (C=O) groups excluding carboxylic acids is 1. The lowest BCUT2D eigenvalue weighted by molar-refractivity contribution is -0.137. The van der Waals surface area contributed by atoms with E-state index in [4.69, 9.17) is 4.74 Å². The van der Waals surface area contributed by atoms with Crippen molar-refractivity contribution in [2.75, 3.05) is 26.2 Å². The topological polar surface area (TPSA) is 59.4 Å². The van der Waals surface area contributed by atoms with E-state index in [0.29, 0.717) is 26.2 Å². The molecule has 1 amide bonds. The molecule has 0 radical (unpaired) electrons. The molecule has 2 atom stereocenters. The van der Waals surface area contributed by atoms with Crippen molar-refractivity contribution < 1.29 is 9.53 Å². The van der Waals surface area contributed by atoms with Crippen LogP contribution in [0.2, 0.25) is 0 Å². The van der Waals surface area contributed by atoms with Gasteiger partial charge in [0.1, 0.15) is 0 Å². The summed E-state index contributed by atoms with van der Waals surface area (Å²) in [5, 5.41) is 7.39. The normalized spacial score (nSPS) is 21.4. The average molecular weight is 266 g/mol. The van der Waals surface area contributed by atoms with E-state index in [2.05, 4.69) is 17.3 Å². The summed E-state index contributed by atoms with van der Waals surface area (Å²) < 4.78 is 7.29. The number of carbonyl (C=O) groups is 1. The van der Waals surface area contributed by atoms with Crippen LogP contribution in [0.15, 0.2) is 18.5 Å². The van der Waals surface area contributed by atoms with Gasteiger partial charge in [0.05, 0.1) is 25.8 Å². The number of nitrogens with one attached hydrogen (secondary N) is 1. The van der Waals surface area contributed by atoms with Crippen molar-refractivity contribution in [3.63, 3.8) is 0 Å². The first-order valence-electron chi connectivity index (χ1n) is 6.75. The molecule has 1 aromatic rings. The first kappa shape index (κ1) is 14.0. The Balaban J connectivity index is 1.70. The second-order valence-corrected chi connectivity index (χ2v) is 5.03. The zero-order chi connectivity index (χ0) is 13.7. The third kappa shape index (κ3) is 4.33. The maximum atomic E-state index is 12.0. The molecule has 0 spiro atoms. The molecule has 1 aliphatic heterocycles. The molecule has 106 valence electrons. The molecule has 1 N–H and O–H groups in total. The van der Waals surface area contributed by atoms with Crippen LogP contribution in [0.1, 0.15) is 13.8 Å². The Morgan fingerprint density at radius 2 is 2.47 bits per heavy atom. The number of morpholine rings is 1. The summed E-state index contributed by atoms with van der Waals surface area (Å²) in [6.07, 6.45) is 3.82. The number of nitrogens with zero attached hydrogens (tertiary/aromatic N) is 3. The van der Waals surface area contributed by atoms with Crippen LogP contribution in [-0.2, 0) is 16.1 Å². The Kier molecular flexibility index (Phi) is 4.93. The quantitative estimate of drug-likeness (QED) is 0.822. The number of aromatic nitrogens is 2. The highest BCUT2D eigenvalue weighted by molar-refractivity contribution is 5.78. The van der Waals surface area contributed by atoms with E-state index in [1.807, 2.05) is 28.8 Å². The van der Waals surface area contributed by atoms with Crippen molar-refractivity contribution in [3.8, 4) is 0 Å². The van der Waals surface area contributed by atoms with Gasteiger partial charge in [-0.15, -0.1) is 0 Å². The van der Waals surface area contributed by atoms with Crippen LogP contribution in [0.3, 0.4) is 0 Å². The van der Waals surface area contributed by atoms with Gasteiger partial charge in [0.15, 0.2) is 0 Å². The molecule has 6 heteroatoms. The standard InChI is InChI=1S/C13H22N4O2/c1-11(9-17-5-3-4-15-17)14-8-13(18)16-6-7-19-12(2)10-16/h3-5,11-12,14H,6-10H2,1-2H3/t11-,12+/m0/s1. The smallest absolute Gasteiger partial charge is 0.236 e. The van der Waals surface area contributed by atoms with Crippen LogP contribution in [0.25, 0.3) is 0 Å². The fourth-order valence-corrected chi connectivity index (χ4v) is 2.17. The fourth-order valence-electron chi connectivity index (χ4n) is 2.17. The van der Waals surface area contributed by atoms with Crippen LogP contribution in [0, 0.1) is 0 Å². The predicted octanol–water partition coefficient (Wildman–Crippen LogP) is 0.109. The Morgan fingerprint density at radius 3 is 3.16 bits per heavy atom. The Labute approximate surface area is 113 Å². The van der Waals surface area contributed by atoms with Crippen molar-refractivity contribution in [1.29, 1.82) is 0 Å². The Hall–Kier alpha value is -1.40. The van der Waals surface area contributed by atoms with Gasteiger partial charge >= 0.3 is 0 Å². The third-order valence-corrected chi connectivity index (χ3v) is 3.22. The zero-order valence-electron chi connectivity index (χ0n) is 11.6. The van der Waals surface area contributed by atoms with Crippen LogP contribution in [0.4, 0.5) is 0 Å². The van der Waals surface area contributed by atoms with Crippen LogP contribution >= 0.6 is 0 Å². The highest BCUT2D eigenvalue weighted by Crippen LogP contribution is 2.04. The van der Waals surface area contributed by atoms with Crippen molar-refractivity contribution in [2.24, 2.45) is 0 Å². The van der Waals surface area contributed by atoms with Crippen molar-refractivity contribution in [1.82, 2.24) is 20.0 Å². The van der Waals surface area contributed by atoms with Gasteiger partial charge in [-0.3, -0.25) is 9.48 Å². The minimum absolute atomic E-state index is 0.138. The minimum atomic E-state index is 0.138. The van der Waals surface area contributed by atoms with Crippen LogP contribution in [-0.4, -0.2) is 59.0 Å². The molecule has 2 rings (SSSR count). The van der Waals surface area contributed by atoms with E-state index >= 15 is 0 Å². The van der Waals surface area contributed by atoms with Gasteiger partial charge in [-0.05, 0) is 19.9 Å². The number of hydrogen-bond acceptors (Lipinski definition) is 4. The summed E-state index contributed by atoms with van der Waals surface area (Å²) in [5.74, 6) is 0.141. The number of ether oxygens (including phenoxy) is 1. The molecule has 1 aliphatic rings. The highest BCUT2D eigenvalue weighted by Gasteiger charge is 2.21. The van der Waals surface area contributed by atoms with E-state index in [1.165, 1.54) is 0 Å². The lowest BCUT2D eigenvalue weighted by Gasteiger charge is -2.31. The van der Waals surface area contributed by atoms with Gasteiger partial charge in [0.25, 0.3) is 0 Å². The predicted molar refractivity (Wildman–Crippen MR) is 71.7 cm³/mol. The van der Waals surface area contributed by atoms with Crippen molar-refractivity contribution in [2.45, 2.75) is 32.5 Å². The lowest BCUT2D eigenvalue weighted by Crippen LogP contribution is -2.48. The monoisotopic (exact) mass is 266 g/mol. The van der Waals surface area contributed by atoms with Crippen molar-refractivity contribution >= 4 is 5.91 Å². The summed E-state index contributed by atoms with van der Waals surface area (Å²) in [7, 11) is 0. The molecule has 1 fully saturated rings. The minimum Gasteiger partial charge on any atom is -0.375 e. The van der Waals surface area contributed by atoms with E-state index in [1.54, 1.807) is 6.20 Å². The maximum absolute atomic E-state index is 12.0. The summed E-state index contributed by atoms with van der Waals surface area (Å²) >= 11 is 0. The van der Waals surface area contributed by atoms with Gasteiger partial charge in [-0.2, -0.15) is 5.10 Å². The molecule has 2 heterocycles. The largest absolute Gasteiger partial charge is 0.375 e. The fraction of sp³-hybridized carbons (Fsp3) is 0.692. The van der Waals surface area contributed by atoms with Gasteiger partial charge < -0.3 is 15.0 Å². The Bertz CT molecular complexity index is 393. The molecule has 6 nitrogen and oxygen atoms in total.